The van der Waals surface area contributed by atoms with Crippen molar-refractivity contribution in [3.05, 3.63) is 18.3 Å². The summed E-state index contributed by atoms with van der Waals surface area (Å²) >= 11 is 0. The van der Waals surface area contributed by atoms with E-state index in [2.05, 4.69) is 15.6 Å². The number of aromatic nitrogens is 1. The summed E-state index contributed by atoms with van der Waals surface area (Å²) in [6, 6.07) is 2.66. The number of nitrogen functional groups attached to an aromatic ring is 1. The third-order valence-electron chi connectivity index (χ3n) is 4.32. The van der Waals surface area contributed by atoms with Crippen molar-refractivity contribution in [2.45, 2.75) is 37.6 Å². The van der Waals surface area contributed by atoms with Gasteiger partial charge in [0, 0.05) is 0 Å². The van der Waals surface area contributed by atoms with Crippen LogP contribution in [0.5, 0.6) is 0 Å². The summed E-state index contributed by atoms with van der Waals surface area (Å²) in [4.78, 5) is 41.6. The molecule has 23 heavy (non-hydrogen) atoms. The van der Waals surface area contributed by atoms with Crippen molar-refractivity contribution in [2.75, 3.05) is 17.6 Å². The highest BCUT2D eigenvalue weighted by atomic mass is 16.2. The van der Waals surface area contributed by atoms with Gasteiger partial charge in [0.25, 0.3) is 5.91 Å². The second-order valence-corrected chi connectivity index (χ2v) is 5.98. The minimum atomic E-state index is -0.807. The summed E-state index contributed by atoms with van der Waals surface area (Å²) in [5.74, 6) is -0.406. The summed E-state index contributed by atoms with van der Waals surface area (Å²) < 4.78 is 0. The monoisotopic (exact) mass is 317 g/mol. The second kappa shape index (κ2) is 5.86. The molecular weight excluding hydrogens is 298 g/mol. The van der Waals surface area contributed by atoms with E-state index in [1.807, 2.05) is 0 Å². The lowest BCUT2D eigenvalue weighted by Gasteiger charge is -2.30. The van der Waals surface area contributed by atoms with Crippen LogP contribution in [0.15, 0.2) is 18.3 Å². The molecule has 122 valence electrons. The number of amides is 4. The van der Waals surface area contributed by atoms with E-state index in [1.165, 1.54) is 6.20 Å². The summed E-state index contributed by atoms with van der Waals surface area (Å²) in [6.07, 6.45) is 5.57. The third kappa shape index (κ3) is 2.96. The number of carbonyl (C=O) groups excluding carboxylic acids is 3. The standard InChI is InChI=1S/C15H19N5O3/c16-11-5-4-10(8-17-11)18-12(21)9-20-13(22)15(19-14(20)23)6-2-1-3-7-15/h4-5,8H,1-3,6-7,9H2,(H2,16,17)(H,18,21)(H,19,23). The summed E-state index contributed by atoms with van der Waals surface area (Å²) in [5, 5.41) is 5.37. The molecule has 2 heterocycles. The molecule has 1 saturated heterocycles. The summed E-state index contributed by atoms with van der Waals surface area (Å²) in [5.41, 5.74) is 5.13. The molecule has 4 amide bonds. The fraction of sp³-hybridized carbons (Fsp3) is 0.467. The van der Waals surface area contributed by atoms with Gasteiger partial charge in [-0.25, -0.2) is 9.78 Å². The van der Waals surface area contributed by atoms with E-state index in [1.54, 1.807) is 12.1 Å². The highest BCUT2D eigenvalue weighted by Crippen LogP contribution is 2.33. The lowest BCUT2D eigenvalue weighted by Crippen LogP contribution is -2.48. The molecule has 8 nitrogen and oxygen atoms in total. The largest absolute Gasteiger partial charge is 0.384 e. The van der Waals surface area contributed by atoms with Crippen molar-refractivity contribution in [2.24, 2.45) is 0 Å². The Morgan fingerprint density at radius 2 is 2.04 bits per heavy atom. The first kappa shape index (κ1) is 15.3. The van der Waals surface area contributed by atoms with Crippen molar-refractivity contribution >= 4 is 29.4 Å². The van der Waals surface area contributed by atoms with Crippen LogP contribution >= 0.6 is 0 Å². The Morgan fingerprint density at radius 1 is 1.30 bits per heavy atom. The van der Waals surface area contributed by atoms with Crippen LogP contribution in [0, 0.1) is 0 Å². The van der Waals surface area contributed by atoms with Gasteiger partial charge in [0.2, 0.25) is 5.91 Å². The van der Waals surface area contributed by atoms with Gasteiger partial charge in [0.05, 0.1) is 11.9 Å². The molecule has 1 spiro atoms. The third-order valence-corrected chi connectivity index (χ3v) is 4.32. The minimum Gasteiger partial charge on any atom is -0.384 e. The van der Waals surface area contributed by atoms with Crippen LogP contribution in [-0.4, -0.2) is 39.8 Å². The van der Waals surface area contributed by atoms with Gasteiger partial charge in [-0.2, -0.15) is 0 Å². The maximum Gasteiger partial charge on any atom is 0.325 e. The number of nitrogens with one attached hydrogen (secondary N) is 2. The first-order valence-corrected chi connectivity index (χ1v) is 7.66. The molecular formula is C15H19N5O3. The predicted octanol–water partition coefficient (Wildman–Crippen LogP) is 0.857. The van der Waals surface area contributed by atoms with Crippen LogP contribution in [0.1, 0.15) is 32.1 Å². The van der Waals surface area contributed by atoms with E-state index in [9.17, 15) is 14.4 Å². The van der Waals surface area contributed by atoms with Crippen molar-refractivity contribution in [1.29, 1.82) is 0 Å². The smallest absolute Gasteiger partial charge is 0.325 e. The molecule has 1 saturated carbocycles. The molecule has 8 heteroatoms. The SMILES string of the molecule is Nc1ccc(NC(=O)CN2C(=O)NC3(CCCCC3)C2=O)cn1. The molecule has 0 radical (unpaired) electrons. The Balaban J connectivity index is 1.65. The zero-order valence-corrected chi connectivity index (χ0v) is 12.7. The van der Waals surface area contributed by atoms with E-state index in [0.717, 1.165) is 24.2 Å². The van der Waals surface area contributed by atoms with E-state index in [4.69, 9.17) is 5.73 Å². The molecule has 1 aliphatic carbocycles. The quantitative estimate of drug-likeness (QED) is 0.715. The predicted molar refractivity (Wildman–Crippen MR) is 83.3 cm³/mol. The molecule has 0 atom stereocenters. The number of anilines is 2. The molecule has 0 bridgehead atoms. The number of hydrogen-bond donors (Lipinski definition) is 3. The van der Waals surface area contributed by atoms with Gasteiger partial charge in [-0.15, -0.1) is 0 Å². The van der Waals surface area contributed by atoms with Crippen molar-refractivity contribution in [3.63, 3.8) is 0 Å². The average Bonchev–Trinajstić information content (AvgIpc) is 2.75. The van der Waals surface area contributed by atoms with E-state index in [-0.39, 0.29) is 12.5 Å². The lowest BCUT2D eigenvalue weighted by molar-refractivity contribution is -0.134. The fourth-order valence-corrected chi connectivity index (χ4v) is 3.14. The van der Waals surface area contributed by atoms with Gasteiger partial charge in [-0.05, 0) is 25.0 Å². The van der Waals surface area contributed by atoms with Crippen LogP contribution in [0.2, 0.25) is 0 Å². The number of hydrogen-bond acceptors (Lipinski definition) is 5. The van der Waals surface area contributed by atoms with Crippen LogP contribution in [0.4, 0.5) is 16.3 Å². The number of carbonyl (C=O) groups is 3. The minimum absolute atomic E-state index is 0.298. The second-order valence-electron chi connectivity index (χ2n) is 5.98. The van der Waals surface area contributed by atoms with Gasteiger partial charge in [-0.1, -0.05) is 19.3 Å². The van der Waals surface area contributed by atoms with Gasteiger partial charge in [-0.3, -0.25) is 14.5 Å². The molecule has 3 rings (SSSR count). The molecule has 1 aliphatic heterocycles. The van der Waals surface area contributed by atoms with Gasteiger partial charge < -0.3 is 16.4 Å². The first-order chi connectivity index (χ1) is 11.0. The van der Waals surface area contributed by atoms with Crippen molar-refractivity contribution in [3.8, 4) is 0 Å². The molecule has 0 aromatic carbocycles. The topological polar surface area (TPSA) is 117 Å². The number of urea groups is 1. The van der Waals surface area contributed by atoms with Crippen LogP contribution < -0.4 is 16.4 Å². The number of imide groups is 1. The van der Waals surface area contributed by atoms with Crippen LogP contribution in [-0.2, 0) is 9.59 Å². The Bertz CT molecular complexity index is 637. The molecule has 4 N–H and O–H groups in total. The maximum absolute atomic E-state index is 12.6. The maximum atomic E-state index is 12.6. The highest BCUT2D eigenvalue weighted by Gasteiger charge is 2.51. The van der Waals surface area contributed by atoms with Gasteiger partial charge in [0.1, 0.15) is 17.9 Å². The van der Waals surface area contributed by atoms with Crippen LogP contribution in [0.3, 0.4) is 0 Å². The highest BCUT2D eigenvalue weighted by molar-refractivity contribution is 6.10. The average molecular weight is 317 g/mol. The van der Waals surface area contributed by atoms with E-state index < -0.39 is 17.5 Å². The number of nitrogens with two attached hydrogens (primary N) is 1. The van der Waals surface area contributed by atoms with E-state index >= 15 is 0 Å². The summed E-state index contributed by atoms with van der Waals surface area (Å²) in [7, 11) is 0. The molecule has 0 unspecified atom stereocenters. The Kier molecular flexibility index (Phi) is 3.89. The van der Waals surface area contributed by atoms with Crippen molar-refractivity contribution < 1.29 is 14.4 Å². The zero-order chi connectivity index (χ0) is 16.4. The number of rotatable bonds is 3. The fourth-order valence-electron chi connectivity index (χ4n) is 3.14. The van der Waals surface area contributed by atoms with Crippen molar-refractivity contribution in [1.82, 2.24) is 15.2 Å². The van der Waals surface area contributed by atoms with Gasteiger partial charge >= 0.3 is 6.03 Å². The molecule has 2 fully saturated rings. The first-order valence-electron chi connectivity index (χ1n) is 7.66. The summed E-state index contributed by atoms with van der Waals surface area (Å²) in [6.45, 7) is -0.309. The van der Waals surface area contributed by atoms with Gasteiger partial charge in [0.15, 0.2) is 0 Å². The Labute approximate surface area is 133 Å². The van der Waals surface area contributed by atoms with E-state index in [0.29, 0.717) is 24.3 Å². The lowest BCUT2D eigenvalue weighted by atomic mass is 9.82. The Hall–Kier alpha value is -2.64. The molecule has 2 aliphatic rings. The Morgan fingerprint density at radius 3 is 2.70 bits per heavy atom. The molecule has 1 aromatic rings. The number of nitrogens with zero attached hydrogens (tertiary/aromatic N) is 2. The molecule has 1 aromatic heterocycles. The zero-order valence-electron chi connectivity index (χ0n) is 12.7. The number of pyridine rings is 1. The van der Waals surface area contributed by atoms with Crippen LogP contribution in [0.25, 0.3) is 0 Å². The normalized spacial score (nSPS) is 19.7.